The molecule has 1 N–H and O–H groups in total. The summed E-state index contributed by atoms with van der Waals surface area (Å²) < 4.78 is 49.6. The van der Waals surface area contributed by atoms with Crippen LogP contribution in [-0.4, -0.2) is 37.7 Å². The summed E-state index contributed by atoms with van der Waals surface area (Å²) in [6.45, 7) is 3.52. The Morgan fingerprint density at radius 3 is 2.61 bits per heavy atom. The Morgan fingerprint density at radius 2 is 2.00 bits per heavy atom. The minimum absolute atomic E-state index is 0.0574. The molecule has 2 heterocycles. The number of amides is 1. The van der Waals surface area contributed by atoms with Crippen LogP contribution in [0.1, 0.15) is 38.2 Å². The Labute approximate surface area is 196 Å². The number of hydrogen-bond donors (Lipinski definition) is 1. The molecule has 2 aromatic rings. The average molecular weight is 486 g/mol. The quantitative estimate of drug-likeness (QED) is 0.479. The number of hydrogen-bond acceptors (Lipinski definition) is 5. The topological polar surface area (TPSA) is 63.7 Å². The number of pyridine rings is 1. The molecule has 1 aliphatic rings. The highest BCUT2D eigenvalue weighted by Crippen LogP contribution is 2.35. The number of carbonyl (C=O) groups is 1. The highest BCUT2D eigenvalue weighted by Gasteiger charge is 2.33. The first-order valence-electron chi connectivity index (χ1n) is 10.8. The fourth-order valence-corrected chi connectivity index (χ4v) is 3.88. The fourth-order valence-electron chi connectivity index (χ4n) is 3.59. The largest absolute Gasteiger partial charge is 0.497 e. The van der Waals surface area contributed by atoms with Crippen LogP contribution in [0.15, 0.2) is 30.5 Å². The van der Waals surface area contributed by atoms with E-state index in [1.807, 2.05) is 0 Å². The molecule has 3 rings (SSSR count). The Hall–Kier alpha value is -2.68. The minimum Gasteiger partial charge on any atom is -0.497 e. The zero-order valence-electron chi connectivity index (χ0n) is 18.5. The predicted molar refractivity (Wildman–Crippen MR) is 121 cm³/mol. The number of aromatic nitrogens is 1. The number of piperidine rings is 1. The van der Waals surface area contributed by atoms with Gasteiger partial charge >= 0.3 is 6.18 Å². The number of anilines is 2. The summed E-state index contributed by atoms with van der Waals surface area (Å²) in [5, 5.41) is 2.89. The van der Waals surface area contributed by atoms with Crippen LogP contribution >= 0.6 is 11.6 Å². The molecule has 180 valence electrons. The van der Waals surface area contributed by atoms with E-state index in [0.29, 0.717) is 55.5 Å². The molecule has 1 aliphatic heterocycles. The molecule has 1 aromatic heterocycles. The van der Waals surface area contributed by atoms with Crippen LogP contribution in [-0.2, 0) is 11.0 Å². The van der Waals surface area contributed by atoms with Gasteiger partial charge in [0.15, 0.2) is 0 Å². The van der Waals surface area contributed by atoms with Crippen molar-refractivity contribution in [2.75, 3.05) is 37.0 Å². The van der Waals surface area contributed by atoms with Gasteiger partial charge in [-0.2, -0.15) is 13.2 Å². The van der Waals surface area contributed by atoms with Gasteiger partial charge in [-0.1, -0.05) is 24.9 Å². The minimum atomic E-state index is -4.50. The van der Waals surface area contributed by atoms with E-state index in [1.165, 1.54) is 0 Å². The van der Waals surface area contributed by atoms with Gasteiger partial charge < -0.3 is 19.7 Å². The normalized spacial score (nSPS) is 14.8. The average Bonchev–Trinajstić information content (AvgIpc) is 2.79. The third kappa shape index (κ3) is 6.43. The lowest BCUT2D eigenvalue weighted by atomic mass is 9.95. The second-order valence-electron chi connectivity index (χ2n) is 7.84. The number of benzene rings is 1. The molecule has 1 amide bonds. The van der Waals surface area contributed by atoms with Crippen molar-refractivity contribution in [1.29, 1.82) is 0 Å². The van der Waals surface area contributed by atoms with Crippen LogP contribution in [0.5, 0.6) is 11.5 Å². The highest BCUT2D eigenvalue weighted by molar-refractivity contribution is 6.33. The van der Waals surface area contributed by atoms with Crippen LogP contribution in [0.4, 0.5) is 24.7 Å². The molecule has 0 bridgehead atoms. The smallest absolute Gasteiger partial charge is 0.417 e. The monoisotopic (exact) mass is 485 g/mol. The number of rotatable bonds is 8. The molecule has 6 nitrogen and oxygen atoms in total. The van der Waals surface area contributed by atoms with Crippen molar-refractivity contribution < 1.29 is 27.4 Å². The van der Waals surface area contributed by atoms with E-state index < -0.39 is 11.7 Å². The van der Waals surface area contributed by atoms with E-state index >= 15 is 0 Å². The van der Waals surface area contributed by atoms with Crippen molar-refractivity contribution in [2.45, 2.75) is 38.8 Å². The van der Waals surface area contributed by atoms with Gasteiger partial charge in [-0.3, -0.25) is 4.79 Å². The van der Waals surface area contributed by atoms with Gasteiger partial charge in [-0.05, 0) is 37.5 Å². The predicted octanol–water partition coefficient (Wildman–Crippen LogP) is 5.80. The summed E-state index contributed by atoms with van der Waals surface area (Å²) in [6, 6.07) is 6.15. The number of halogens is 4. The summed E-state index contributed by atoms with van der Waals surface area (Å²) in [7, 11) is 1.55. The zero-order valence-corrected chi connectivity index (χ0v) is 19.3. The molecule has 0 saturated carbocycles. The van der Waals surface area contributed by atoms with Gasteiger partial charge in [0.05, 0.1) is 30.0 Å². The first-order valence-corrected chi connectivity index (χ1v) is 11.2. The highest BCUT2D eigenvalue weighted by atomic mass is 35.5. The van der Waals surface area contributed by atoms with Crippen molar-refractivity contribution in [3.05, 3.63) is 41.0 Å². The molecule has 0 radical (unpaired) electrons. The van der Waals surface area contributed by atoms with Gasteiger partial charge in [0, 0.05) is 31.3 Å². The van der Waals surface area contributed by atoms with E-state index in [1.54, 1.807) is 30.2 Å². The van der Waals surface area contributed by atoms with Gasteiger partial charge in [-0.25, -0.2) is 4.98 Å². The second kappa shape index (κ2) is 11.0. The molecule has 10 heteroatoms. The van der Waals surface area contributed by atoms with Crippen molar-refractivity contribution in [3.63, 3.8) is 0 Å². The van der Waals surface area contributed by atoms with Crippen LogP contribution in [0.2, 0.25) is 5.02 Å². The molecule has 1 saturated heterocycles. The number of ether oxygens (including phenoxy) is 2. The molecule has 0 aliphatic carbocycles. The lowest BCUT2D eigenvalue weighted by molar-refractivity contribution is -0.137. The molecular formula is C23H27ClF3N3O3. The number of nitrogens with one attached hydrogen (secondary N) is 1. The third-order valence-electron chi connectivity index (χ3n) is 5.51. The maximum Gasteiger partial charge on any atom is 0.417 e. The number of unbranched alkanes of at least 4 members (excludes halogenated alkanes) is 1. The van der Waals surface area contributed by atoms with Crippen molar-refractivity contribution in [1.82, 2.24) is 4.98 Å². The Morgan fingerprint density at radius 1 is 1.27 bits per heavy atom. The second-order valence-corrected chi connectivity index (χ2v) is 8.25. The first kappa shape index (κ1) is 25.0. The lowest BCUT2D eigenvalue weighted by Crippen LogP contribution is -2.38. The summed E-state index contributed by atoms with van der Waals surface area (Å²) in [5.74, 6) is 1.07. The molecule has 1 aromatic carbocycles. The van der Waals surface area contributed by atoms with E-state index in [2.05, 4.69) is 17.2 Å². The van der Waals surface area contributed by atoms with Gasteiger partial charge in [0.1, 0.15) is 17.3 Å². The van der Waals surface area contributed by atoms with E-state index in [-0.39, 0.29) is 16.8 Å². The van der Waals surface area contributed by atoms with Gasteiger partial charge in [-0.15, -0.1) is 0 Å². The zero-order chi connectivity index (χ0) is 24.0. The van der Waals surface area contributed by atoms with Crippen molar-refractivity contribution >= 4 is 29.0 Å². The summed E-state index contributed by atoms with van der Waals surface area (Å²) >= 11 is 6.06. The van der Waals surface area contributed by atoms with Gasteiger partial charge in [0.2, 0.25) is 5.91 Å². The van der Waals surface area contributed by atoms with Crippen molar-refractivity contribution in [3.8, 4) is 11.5 Å². The number of alkyl halides is 3. The van der Waals surface area contributed by atoms with Gasteiger partial charge in [0.25, 0.3) is 0 Å². The summed E-state index contributed by atoms with van der Waals surface area (Å²) in [5.41, 5.74) is -0.342. The molecule has 33 heavy (non-hydrogen) atoms. The Bertz CT molecular complexity index is 964. The molecular weight excluding hydrogens is 459 g/mol. The lowest BCUT2D eigenvalue weighted by Gasteiger charge is -2.32. The number of nitrogens with zero attached hydrogens (tertiary/aromatic N) is 2. The summed E-state index contributed by atoms with van der Waals surface area (Å²) in [4.78, 5) is 18.6. The SMILES string of the molecule is CCCCOc1ccc(OC)cc1NC(=O)C1CCN(c2ncc(C(F)(F)F)cc2Cl)CC1. The maximum absolute atomic E-state index is 12.9. The number of carbonyl (C=O) groups excluding carboxylic acids is 1. The van der Waals surface area contributed by atoms with Crippen LogP contribution in [0.25, 0.3) is 0 Å². The van der Waals surface area contributed by atoms with E-state index in [4.69, 9.17) is 21.1 Å². The van der Waals surface area contributed by atoms with E-state index in [0.717, 1.165) is 25.1 Å². The van der Waals surface area contributed by atoms with Crippen LogP contribution in [0, 0.1) is 5.92 Å². The maximum atomic E-state index is 12.9. The Balaban J connectivity index is 1.63. The molecule has 1 fully saturated rings. The first-order chi connectivity index (χ1) is 15.7. The third-order valence-corrected chi connectivity index (χ3v) is 5.79. The Kier molecular flexibility index (Phi) is 8.29. The van der Waals surface area contributed by atoms with E-state index in [9.17, 15) is 18.0 Å². The molecule has 0 spiro atoms. The molecule has 0 unspecified atom stereocenters. The van der Waals surface area contributed by atoms with Crippen LogP contribution in [0.3, 0.4) is 0 Å². The fraction of sp³-hybridized carbons (Fsp3) is 0.478. The number of methoxy groups -OCH3 is 1. The van der Waals surface area contributed by atoms with Crippen molar-refractivity contribution in [2.24, 2.45) is 5.92 Å². The standard InChI is InChI=1S/C23H27ClF3N3O3/c1-3-4-11-33-20-6-5-17(32-2)13-19(20)29-22(31)15-7-9-30(10-8-15)21-18(24)12-16(14-28-21)23(25,26)27/h5-6,12-15H,3-4,7-11H2,1-2H3,(H,29,31). The van der Waals surface area contributed by atoms with Crippen LogP contribution < -0.4 is 19.7 Å². The summed E-state index contributed by atoms with van der Waals surface area (Å²) in [6.07, 6.45) is -0.795. The molecule has 0 atom stereocenters.